The molecule has 174 valence electrons. The van der Waals surface area contributed by atoms with Crippen LogP contribution in [0.1, 0.15) is 15.9 Å². The number of aryl methyl sites for hydroxylation is 1. The van der Waals surface area contributed by atoms with Crippen LogP contribution < -0.4 is 5.32 Å². The molecule has 4 aromatic carbocycles. The minimum Gasteiger partial charge on any atom is -0.322 e. The van der Waals surface area contributed by atoms with Crippen LogP contribution in [0.2, 0.25) is 5.02 Å². The predicted molar refractivity (Wildman–Crippen MR) is 150 cm³/mol. The highest BCUT2D eigenvalue weighted by Gasteiger charge is 2.15. The van der Waals surface area contributed by atoms with Crippen molar-refractivity contribution in [3.63, 3.8) is 0 Å². The fraction of sp³-hybridized carbons (Fsp3) is 0.0333. The molecule has 0 aliphatic heterocycles. The van der Waals surface area contributed by atoms with E-state index in [1.807, 2.05) is 78.9 Å². The maximum atomic E-state index is 13.4. The minimum atomic E-state index is -0.188. The molecular weight excluding hydrogens is 486 g/mol. The van der Waals surface area contributed by atoms with Gasteiger partial charge in [0, 0.05) is 27.2 Å². The molecule has 0 atom stereocenters. The second kappa shape index (κ2) is 9.19. The topological polar surface area (TPSA) is 54.9 Å². The number of pyridine rings is 1. The Bertz CT molecular complexity index is 1740. The van der Waals surface area contributed by atoms with Gasteiger partial charge in [-0.3, -0.25) is 4.79 Å². The van der Waals surface area contributed by atoms with Gasteiger partial charge >= 0.3 is 0 Å². The van der Waals surface area contributed by atoms with Crippen molar-refractivity contribution in [3.05, 3.63) is 113 Å². The number of benzene rings is 4. The Morgan fingerprint density at radius 3 is 2.36 bits per heavy atom. The van der Waals surface area contributed by atoms with Crippen molar-refractivity contribution in [2.24, 2.45) is 0 Å². The lowest BCUT2D eigenvalue weighted by Gasteiger charge is -2.11. The van der Waals surface area contributed by atoms with Crippen LogP contribution >= 0.6 is 22.9 Å². The van der Waals surface area contributed by atoms with Gasteiger partial charge in [0.1, 0.15) is 5.01 Å². The van der Waals surface area contributed by atoms with Crippen LogP contribution in [0.3, 0.4) is 0 Å². The van der Waals surface area contributed by atoms with E-state index in [1.54, 1.807) is 11.3 Å². The van der Waals surface area contributed by atoms with Crippen LogP contribution in [0.15, 0.2) is 97.1 Å². The van der Waals surface area contributed by atoms with Crippen molar-refractivity contribution in [2.45, 2.75) is 6.92 Å². The fourth-order valence-electron chi connectivity index (χ4n) is 4.18. The average molecular weight is 506 g/mol. The molecule has 6 rings (SSSR count). The molecule has 1 N–H and O–H groups in total. The van der Waals surface area contributed by atoms with Crippen molar-refractivity contribution >= 4 is 55.7 Å². The van der Waals surface area contributed by atoms with Gasteiger partial charge in [-0.2, -0.15) is 0 Å². The van der Waals surface area contributed by atoms with Crippen LogP contribution in [0.5, 0.6) is 0 Å². The van der Waals surface area contributed by atoms with E-state index in [9.17, 15) is 4.79 Å². The number of aromatic nitrogens is 2. The summed E-state index contributed by atoms with van der Waals surface area (Å²) in [6.07, 6.45) is 0. The Kier molecular flexibility index (Phi) is 5.72. The van der Waals surface area contributed by atoms with E-state index in [-0.39, 0.29) is 5.91 Å². The maximum absolute atomic E-state index is 13.4. The first-order valence-electron chi connectivity index (χ1n) is 11.5. The van der Waals surface area contributed by atoms with Crippen LogP contribution in [-0.4, -0.2) is 15.9 Å². The van der Waals surface area contributed by atoms with Gasteiger partial charge in [-0.25, -0.2) is 9.97 Å². The van der Waals surface area contributed by atoms with Crippen molar-refractivity contribution in [1.82, 2.24) is 9.97 Å². The van der Waals surface area contributed by atoms with Gasteiger partial charge in [0.15, 0.2) is 0 Å². The molecular formula is C30H20ClN3OS. The summed E-state index contributed by atoms with van der Waals surface area (Å²) in [5.41, 5.74) is 6.90. The maximum Gasteiger partial charge on any atom is 0.256 e. The number of hydrogen-bond acceptors (Lipinski definition) is 4. The van der Waals surface area contributed by atoms with E-state index in [4.69, 9.17) is 21.6 Å². The molecule has 0 unspecified atom stereocenters. The Morgan fingerprint density at radius 1 is 0.806 bits per heavy atom. The summed E-state index contributed by atoms with van der Waals surface area (Å²) in [6, 6.07) is 31.0. The zero-order valence-corrected chi connectivity index (χ0v) is 20.9. The molecule has 0 saturated carbocycles. The van der Waals surface area contributed by atoms with Gasteiger partial charge in [-0.15, -0.1) is 11.3 Å². The van der Waals surface area contributed by atoms with Gasteiger partial charge in [0.2, 0.25) is 0 Å². The molecule has 2 heterocycles. The SMILES string of the molecule is Cc1ccc2nc(-c3ccc(NC(=O)c4cc(-c5ccc(Cl)cc5)nc5ccccc45)cc3)sc2c1. The average Bonchev–Trinajstić information content (AvgIpc) is 3.32. The highest BCUT2D eigenvalue weighted by molar-refractivity contribution is 7.21. The second-order valence-electron chi connectivity index (χ2n) is 8.60. The summed E-state index contributed by atoms with van der Waals surface area (Å²) >= 11 is 7.72. The molecule has 36 heavy (non-hydrogen) atoms. The number of halogens is 1. The number of fused-ring (bicyclic) bond motifs is 2. The lowest BCUT2D eigenvalue weighted by Crippen LogP contribution is -2.13. The Labute approximate surface area is 217 Å². The lowest BCUT2D eigenvalue weighted by molar-refractivity contribution is 0.102. The van der Waals surface area contributed by atoms with Gasteiger partial charge in [0.05, 0.1) is 27.0 Å². The number of anilines is 1. The highest BCUT2D eigenvalue weighted by atomic mass is 35.5. The molecule has 0 fully saturated rings. The number of nitrogens with zero attached hydrogens (tertiary/aromatic N) is 2. The molecule has 2 aromatic heterocycles. The van der Waals surface area contributed by atoms with Crippen molar-refractivity contribution in [2.75, 3.05) is 5.32 Å². The quantitative estimate of drug-likeness (QED) is 0.261. The van der Waals surface area contributed by atoms with Gasteiger partial charge < -0.3 is 5.32 Å². The number of thiazole rings is 1. The predicted octanol–water partition coefficient (Wildman–Crippen LogP) is 8.39. The van der Waals surface area contributed by atoms with Crippen molar-refractivity contribution < 1.29 is 4.79 Å². The van der Waals surface area contributed by atoms with E-state index < -0.39 is 0 Å². The summed E-state index contributed by atoms with van der Waals surface area (Å²) in [6.45, 7) is 2.08. The first-order chi connectivity index (χ1) is 17.5. The number of hydrogen-bond donors (Lipinski definition) is 1. The summed E-state index contributed by atoms with van der Waals surface area (Å²) in [7, 11) is 0. The van der Waals surface area contributed by atoms with Crippen molar-refractivity contribution in [3.8, 4) is 21.8 Å². The number of carbonyl (C=O) groups is 1. The molecule has 1 amide bonds. The Balaban J connectivity index is 1.30. The number of carbonyl (C=O) groups excluding carboxylic acids is 1. The third-order valence-corrected chi connectivity index (χ3v) is 7.35. The minimum absolute atomic E-state index is 0.188. The molecule has 4 nitrogen and oxygen atoms in total. The largest absolute Gasteiger partial charge is 0.322 e. The smallest absolute Gasteiger partial charge is 0.256 e. The molecule has 0 saturated heterocycles. The first-order valence-corrected chi connectivity index (χ1v) is 12.7. The summed E-state index contributed by atoms with van der Waals surface area (Å²) in [5.74, 6) is -0.188. The fourth-order valence-corrected chi connectivity index (χ4v) is 5.38. The van der Waals surface area contributed by atoms with Gasteiger partial charge in [-0.05, 0) is 73.2 Å². The molecule has 6 aromatic rings. The Morgan fingerprint density at radius 2 is 1.56 bits per heavy atom. The number of para-hydroxylation sites is 1. The van der Waals surface area contributed by atoms with E-state index in [1.165, 1.54) is 10.3 Å². The van der Waals surface area contributed by atoms with E-state index in [0.717, 1.165) is 43.9 Å². The third-order valence-electron chi connectivity index (χ3n) is 6.03. The van der Waals surface area contributed by atoms with E-state index in [0.29, 0.717) is 10.6 Å². The number of nitrogens with one attached hydrogen (secondary N) is 1. The molecule has 0 spiro atoms. The number of amides is 1. The molecule has 0 aliphatic carbocycles. The normalized spacial score (nSPS) is 11.2. The standard InChI is InChI=1S/C30H20ClN3OS/c1-18-6-15-26-28(16-18)36-30(34-26)20-9-13-22(14-10-20)32-29(35)24-17-27(19-7-11-21(31)12-8-19)33-25-5-3-2-4-23(24)25/h2-17H,1H3,(H,32,35). The zero-order valence-electron chi connectivity index (χ0n) is 19.3. The lowest BCUT2D eigenvalue weighted by atomic mass is 10.0. The van der Waals surface area contributed by atoms with Gasteiger partial charge in [-0.1, -0.05) is 48.0 Å². The highest BCUT2D eigenvalue weighted by Crippen LogP contribution is 2.32. The second-order valence-corrected chi connectivity index (χ2v) is 10.1. The summed E-state index contributed by atoms with van der Waals surface area (Å²) in [4.78, 5) is 22.9. The van der Waals surface area contributed by atoms with E-state index in [2.05, 4.69) is 30.4 Å². The van der Waals surface area contributed by atoms with Crippen LogP contribution in [-0.2, 0) is 0 Å². The monoisotopic (exact) mass is 505 g/mol. The molecule has 0 aliphatic rings. The molecule has 6 heteroatoms. The van der Waals surface area contributed by atoms with Crippen LogP contribution in [0.4, 0.5) is 5.69 Å². The van der Waals surface area contributed by atoms with E-state index >= 15 is 0 Å². The van der Waals surface area contributed by atoms with Crippen LogP contribution in [0.25, 0.3) is 42.9 Å². The molecule has 0 radical (unpaired) electrons. The third kappa shape index (κ3) is 4.35. The molecule has 0 bridgehead atoms. The summed E-state index contributed by atoms with van der Waals surface area (Å²) < 4.78 is 1.17. The first kappa shape index (κ1) is 22.4. The number of rotatable bonds is 4. The van der Waals surface area contributed by atoms with Crippen molar-refractivity contribution in [1.29, 1.82) is 0 Å². The van der Waals surface area contributed by atoms with Crippen LogP contribution in [0, 0.1) is 6.92 Å². The zero-order chi connectivity index (χ0) is 24.6. The van der Waals surface area contributed by atoms with Gasteiger partial charge in [0.25, 0.3) is 5.91 Å². The summed E-state index contributed by atoms with van der Waals surface area (Å²) in [5, 5.41) is 5.46. The Hall–Kier alpha value is -4.06.